The van der Waals surface area contributed by atoms with Crippen LogP contribution in [0.25, 0.3) is 0 Å². The number of benzene rings is 1. The Morgan fingerprint density at radius 2 is 1.96 bits per heavy atom. The molecule has 0 spiro atoms. The van der Waals surface area contributed by atoms with Gasteiger partial charge in [-0.25, -0.2) is 0 Å². The average molecular weight is 412 g/mol. The van der Waals surface area contributed by atoms with Gasteiger partial charge in [0.1, 0.15) is 12.4 Å². The van der Waals surface area contributed by atoms with Crippen molar-refractivity contribution in [2.75, 3.05) is 39.8 Å². The monoisotopic (exact) mass is 410 g/mol. The van der Waals surface area contributed by atoms with Crippen LogP contribution in [0.4, 0.5) is 0 Å². The predicted octanol–water partition coefficient (Wildman–Crippen LogP) is 3.66. The van der Waals surface area contributed by atoms with Crippen molar-refractivity contribution in [1.82, 2.24) is 9.80 Å². The molecule has 1 N–H and O–H groups in total. The van der Waals surface area contributed by atoms with Gasteiger partial charge >= 0.3 is 5.97 Å². The number of rotatable bonds is 7. The lowest BCUT2D eigenvalue weighted by molar-refractivity contribution is -0.138. The summed E-state index contributed by atoms with van der Waals surface area (Å²) in [4.78, 5) is 15.1. The third-order valence-corrected chi connectivity index (χ3v) is 4.75. The van der Waals surface area contributed by atoms with Crippen molar-refractivity contribution in [2.24, 2.45) is 0 Å². The van der Waals surface area contributed by atoms with Crippen LogP contribution in [0, 0.1) is 0 Å². The highest BCUT2D eigenvalue weighted by molar-refractivity contribution is 6.34. The Balaban J connectivity index is 0.00000312. The fourth-order valence-corrected chi connectivity index (χ4v) is 3.56. The number of aliphatic carboxylic acids is 1. The fourth-order valence-electron chi connectivity index (χ4n) is 3.05. The maximum absolute atomic E-state index is 10.8. The molecule has 1 saturated heterocycles. The van der Waals surface area contributed by atoms with E-state index in [1.807, 2.05) is 11.9 Å². The van der Waals surface area contributed by atoms with Gasteiger partial charge < -0.3 is 9.84 Å². The van der Waals surface area contributed by atoms with Crippen LogP contribution in [-0.4, -0.2) is 66.8 Å². The largest absolute Gasteiger partial charge is 0.492 e. The van der Waals surface area contributed by atoms with E-state index in [1.165, 1.54) is 0 Å². The second-order valence-electron chi connectivity index (χ2n) is 6.19. The van der Waals surface area contributed by atoms with E-state index in [0.717, 1.165) is 38.9 Å². The lowest BCUT2D eigenvalue weighted by Gasteiger charge is -2.25. The summed E-state index contributed by atoms with van der Waals surface area (Å²) in [5.74, 6) is -0.0893. The van der Waals surface area contributed by atoms with E-state index in [-0.39, 0.29) is 19.0 Å². The number of likely N-dealkylation sites (N-methyl/N-ethyl adjacent to an activating group) is 1. The molecule has 1 heterocycles. The molecule has 0 aromatic heterocycles. The van der Waals surface area contributed by atoms with Gasteiger partial charge in [0.25, 0.3) is 0 Å². The number of carboxylic acid groups (broad SMARTS) is 1. The van der Waals surface area contributed by atoms with Gasteiger partial charge in [0.15, 0.2) is 0 Å². The maximum Gasteiger partial charge on any atom is 0.317 e. The van der Waals surface area contributed by atoms with Gasteiger partial charge in [-0.3, -0.25) is 14.6 Å². The molecule has 1 aromatic rings. The van der Waals surface area contributed by atoms with E-state index in [1.54, 1.807) is 18.2 Å². The van der Waals surface area contributed by atoms with E-state index in [4.69, 9.17) is 33.0 Å². The number of hydrogen-bond donors (Lipinski definition) is 1. The van der Waals surface area contributed by atoms with Crippen LogP contribution in [0.1, 0.15) is 19.3 Å². The normalized spacial score (nSPS) is 18.5. The van der Waals surface area contributed by atoms with Crippen molar-refractivity contribution >= 4 is 41.6 Å². The van der Waals surface area contributed by atoms with Crippen molar-refractivity contribution in [3.05, 3.63) is 28.2 Å². The van der Waals surface area contributed by atoms with Gasteiger partial charge in [0, 0.05) is 22.6 Å². The molecular weight excluding hydrogens is 387 g/mol. The molecule has 1 aliphatic heterocycles. The third kappa shape index (κ3) is 8.01. The molecule has 1 fully saturated rings. The summed E-state index contributed by atoms with van der Waals surface area (Å²) < 4.78 is 5.74. The predicted molar refractivity (Wildman–Crippen MR) is 104 cm³/mol. The molecule has 142 valence electrons. The molecule has 1 atom stereocenters. The summed E-state index contributed by atoms with van der Waals surface area (Å²) in [6.07, 6.45) is 3.08. The van der Waals surface area contributed by atoms with Crippen LogP contribution in [0.2, 0.25) is 10.0 Å². The summed E-state index contributed by atoms with van der Waals surface area (Å²) in [6.45, 7) is 3.47. The third-order valence-electron chi connectivity index (χ3n) is 4.31. The lowest BCUT2D eigenvalue weighted by Crippen LogP contribution is -2.37. The van der Waals surface area contributed by atoms with Crippen LogP contribution >= 0.6 is 35.6 Å². The first kappa shape index (κ1) is 22.3. The zero-order valence-electron chi connectivity index (χ0n) is 14.3. The SMILES string of the molecule is CN(CC(=O)O)C1CCCN(CCOc2cc(Cl)cc(Cl)c2)CC1.Cl. The van der Waals surface area contributed by atoms with E-state index in [9.17, 15) is 4.79 Å². The van der Waals surface area contributed by atoms with Gasteiger partial charge in [-0.2, -0.15) is 0 Å². The molecule has 2 rings (SSSR count). The van der Waals surface area contributed by atoms with Gasteiger partial charge in [0.2, 0.25) is 0 Å². The second kappa shape index (κ2) is 11.1. The molecular formula is C17H25Cl3N2O3. The lowest BCUT2D eigenvalue weighted by atomic mass is 10.1. The smallest absolute Gasteiger partial charge is 0.317 e. The van der Waals surface area contributed by atoms with Crippen LogP contribution in [0.5, 0.6) is 5.75 Å². The minimum atomic E-state index is -0.771. The summed E-state index contributed by atoms with van der Waals surface area (Å²) in [7, 11) is 1.89. The van der Waals surface area contributed by atoms with Crippen molar-refractivity contribution in [3.8, 4) is 5.75 Å². The zero-order chi connectivity index (χ0) is 17.5. The first-order valence-electron chi connectivity index (χ1n) is 8.17. The number of ether oxygens (including phenoxy) is 1. The second-order valence-corrected chi connectivity index (χ2v) is 7.06. The number of carboxylic acids is 1. The van der Waals surface area contributed by atoms with E-state index < -0.39 is 5.97 Å². The highest BCUT2D eigenvalue weighted by atomic mass is 35.5. The quantitative estimate of drug-likeness (QED) is 0.742. The van der Waals surface area contributed by atoms with Crippen molar-refractivity contribution < 1.29 is 14.6 Å². The highest BCUT2D eigenvalue weighted by Gasteiger charge is 2.21. The number of hydrogen-bond acceptors (Lipinski definition) is 4. The van der Waals surface area contributed by atoms with Crippen molar-refractivity contribution in [2.45, 2.75) is 25.3 Å². The first-order valence-corrected chi connectivity index (χ1v) is 8.93. The average Bonchev–Trinajstić information content (AvgIpc) is 2.71. The summed E-state index contributed by atoms with van der Waals surface area (Å²) in [6, 6.07) is 5.52. The maximum atomic E-state index is 10.8. The Labute approximate surface area is 165 Å². The molecule has 0 radical (unpaired) electrons. The molecule has 1 aromatic carbocycles. The molecule has 8 heteroatoms. The Morgan fingerprint density at radius 3 is 2.60 bits per heavy atom. The zero-order valence-corrected chi connectivity index (χ0v) is 16.6. The summed E-state index contributed by atoms with van der Waals surface area (Å²) >= 11 is 11.9. The Hall–Kier alpha value is -0.720. The first-order chi connectivity index (χ1) is 11.4. The summed E-state index contributed by atoms with van der Waals surface area (Å²) in [5, 5.41) is 10.0. The van der Waals surface area contributed by atoms with E-state index >= 15 is 0 Å². The van der Waals surface area contributed by atoms with Gasteiger partial charge in [-0.1, -0.05) is 23.2 Å². The van der Waals surface area contributed by atoms with Crippen LogP contribution in [0.15, 0.2) is 18.2 Å². The molecule has 1 aliphatic rings. The molecule has 0 amide bonds. The van der Waals surface area contributed by atoms with Crippen LogP contribution < -0.4 is 4.74 Å². The molecule has 5 nitrogen and oxygen atoms in total. The Kier molecular flexibility index (Phi) is 9.90. The van der Waals surface area contributed by atoms with Gasteiger partial charge in [-0.05, 0) is 57.6 Å². The molecule has 0 bridgehead atoms. The molecule has 25 heavy (non-hydrogen) atoms. The van der Waals surface area contributed by atoms with Crippen LogP contribution in [0.3, 0.4) is 0 Å². The number of nitrogens with zero attached hydrogens (tertiary/aromatic N) is 2. The van der Waals surface area contributed by atoms with Crippen LogP contribution in [-0.2, 0) is 4.79 Å². The number of halogens is 3. The van der Waals surface area contributed by atoms with Crippen molar-refractivity contribution in [1.29, 1.82) is 0 Å². The number of likely N-dealkylation sites (tertiary alicyclic amines) is 1. The van der Waals surface area contributed by atoms with Crippen molar-refractivity contribution in [3.63, 3.8) is 0 Å². The minimum absolute atomic E-state index is 0. The van der Waals surface area contributed by atoms with E-state index in [0.29, 0.717) is 28.4 Å². The Bertz CT molecular complexity index is 540. The fraction of sp³-hybridized carbons (Fsp3) is 0.588. The summed E-state index contributed by atoms with van der Waals surface area (Å²) in [5.41, 5.74) is 0. The molecule has 0 aliphatic carbocycles. The Morgan fingerprint density at radius 1 is 1.28 bits per heavy atom. The highest BCUT2D eigenvalue weighted by Crippen LogP contribution is 2.24. The minimum Gasteiger partial charge on any atom is -0.492 e. The molecule has 1 unspecified atom stereocenters. The number of carbonyl (C=O) groups is 1. The van der Waals surface area contributed by atoms with Gasteiger partial charge in [-0.15, -0.1) is 12.4 Å². The van der Waals surface area contributed by atoms with Gasteiger partial charge in [0.05, 0.1) is 6.54 Å². The standard InChI is InChI=1S/C17H24Cl2N2O3.ClH/c1-20(12-17(22)23)15-3-2-5-21(6-4-15)7-8-24-16-10-13(18)9-14(19)11-16;/h9-11,15H,2-8,12H2,1H3,(H,22,23);1H. The topological polar surface area (TPSA) is 53.0 Å². The van der Waals surface area contributed by atoms with E-state index in [2.05, 4.69) is 4.90 Å². The molecule has 0 saturated carbocycles.